The van der Waals surface area contributed by atoms with Crippen molar-refractivity contribution >= 4 is 24.0 Å². The van der Waals surface area contributed by atoms with Gasteiger partial charge in [-0.25, -0.2) is 9.59 Å². The van der Waals surface area contributed by atoms with Crippen molar-refractivity contribution in [3.8, 4) is 0 Å². The van der Waals surface area contributed by atoms with Crippen molar-refractivity contribution in [1.29, 1.82) is 0 Å². The van der Waals surface area contributed by atoms with E-state index in [1.165, 1.54) is 0 Å². The minimum atomic E-state index is -1.60. The second-order valence-electron chi connectivity index (χ2n) is 14.4. The van der Waals surface area contributed by atoms with E-state index in [0.717, 1.165) is 22.3 Å². The first-order chi connectivity index (χ1) is 26.9. The van der Waals surface area contributed by atoms with Gasteiger partial charge in [0, 0.05) is 0 Å². The number of alkyl carbamates (subject to hydrolysis) is 2. The molecule has 0 fully saturated rings. The molecule has 12 heteroatoms. The number of hydrogen-bond donors (Lipinski definition) is 6. The van der Waals surface area contributed by atoms with E-state index in [-0.39, 0.29) is 37.9 Å². The van der Waals surface area contributed by atoms with Crippen LogP contribution in [0.4, 0.5) is 9.59 Å². The number of ether oxygens (including phenoxy) is 2. The molecule has 298 valence electrons. The third-order valence-corrected chi connectivity index (χ3v) is 9.30. The van der Waals surface area contributed by atoms with Gasteiger partial charge in [-0.3, -0.25) is 9.59 Å². The molecule has 4 rings (SSSR count). The highest BCUT2D eigenvalue weighted by Gasteiger charge is 2.37. The number of aliphatic hydroxyl groups excluding tert-OH is 2. The van der Waals surface area contributed by atoms with Gasteiger partial charge in [-0.15, -0.1) is 0 Å². The summed E-state index contributed by atoms with van der Waals surface area (Å²) in [5, 5.41) is 34.9. The maximum atomic E-state index is 13.9. The van der Waals surface area contributed by atoms with E-state index in [2.05, 4.69) is 21.3 Å². The Morgan fingerprint density at radius 3 is 1.04 bits per heavy atom. The molecule has 4 aromatic carbocycles. The minimum Gasteiger partial charge on any atom is -0.445 e. The van der Waals surface area contributed by atoms with Crippen molar-refractivity contribution in [3.05, 3.63) is 144 Å². The van der Waals surface area contributed by atoms with Crippen molar-refractivity contribution in [2.24, 2.45) is 11.8 Å². The van der Waals surface area contributed by atoms with Crippen LogP contribution in [0.5, 0.6) is 0 Å². The Morgan fingerprint density at radius 1 is 0.464 bits per heavy atom. The Balaban J connectivity index is 1.53. The van der Waals surface area contributed by atoms with Crippen molar-refractivity contribution < 1.29 is 38.9 Å². The normalized spacial score (nSPS) is 14.4. The quantitative estimate of drug-likeness (QED) is 0.0768. The largest absolute Gasteiger partial charge is 0.445 e. The topological polar surface area (TPSA) is 175 Å². The van der Waals surface area contributed by atoms with Crippen LogP contribution in [0.1, 0.15) is 49.9 Å². The van der Waals surface area contributed by atoms with Crippen LogP contribution in [0, 0.1) is 11.8 Å². The van der Waals surface area contributed by atoms with Crippen LogP contribution < -0.4 is 21.3 Å². The van der Waals surface area contributed by atoms with Gasteiger partial charge < -0.3 is 41.0 Å². The molecule has 4 aromatic rings. The molecule has 0 aromatic heterocycles. The number of rotatable bonds is 19. The predicted molar refractivity (Wildman–Crippen MR) is 213 cm³/mol. The lowest BCUT2D eigenvalue weighted by Gasteiger charge is -2.35. The van der Waals surface area contributed by atoms with Crippen molar-refractivity contribution in [2.75, 3.05) is 0 Å². The second-order valence-corrected chi connectivity index (χ2v) is 14.4. The third-order valence-electron chi connectivity index (χ3n) is 9.30. The highest BCUT2D eigenvalue weighted by Crippen LogP contribution is 2.17. The average Bonchev–Trinajstić information content (AvgIpc) is 3.20. The van der Waals surface area contributed by atoms with E-state index in [1.807, 2.05) is 121 Å². The fraction of sp³-hybridized carbons (Fsp3) is 0.364. The van der Waals surface area contributed by atoms with Gasteiger partial charge in [0.2, 0.25) is 11.8 Å². The summed E-state index contributed by atoms with van der Waals surface area (Å²) in [7, 11) is 0. The van der Waals surface area contributed by atoms with E-state index >= 15 is 0 Å². The van der Waals surface area contributed by atoms with E-state index in [1.54, 1.807) is 27.7 Å². The van der Waals surface area contributed by atoms with Gasteiger partial charge in [0.15, 0.2) is 0 Å². The SMILES string of the molecule is CC(C)[C@H](NC(=O)OCc1ccccc1)C(=O)N[C@@H](Cc1ccccc1)[C@H](O)[C@@H](O)[C@H](Cc1ccccc1)NC(=O)[C@H](NC(=O)OCc1ccccc1)C(C)C. The van der Waals surface area contributed by atoms with Gasteiger partial charge >= 0.3 is 12.2 Å². The predicted octanol–water partition coefficient (Wildman–Crippen LogP) is 5.07. The van der Waals surface area contributed by atoms with E-state index < -0.39 is 60.4 Å². The smallest absolute Gasteiger partial charge is 0.408 e. The third kappa shape index (κ3) is 13.8. The zero-order valence-corrected chi connectivity index (χ0v) is 32.3. The lowest BCUT2D eigenvalue weighted by Crippen LogP contribution is -2.61. The molecule has 0 saturated heterocycles. The van der Waals surface area contributed by atoms with E-state index in [0.29, 0.717) is 0 Å². The van der Waals surface area contributed by atoms with Crippen molar-refractivity contribution in [1.82, 2.24) is 21.3 Å². The molecule has 0 aliphatic rings. The molecule has 0 radical (unpaired) electrons. The summed E-state index contributed by atoms with van der Waals surface area (Å²) < 4.78 is 10.7. The van der Waals surface area contributed by atoms with Crippen LogP contribution in [-0.2, 0) is 45.1 Å². The van der Waals surface area contributed by atoms with Gasteiger partial charge in [-0.1, -0.05) is 149 Å². The highest BCUT2D eigenvalue weighted by atomic mass is 16.6. The Kier molecular flexibility index (Phi) is 16.9. The molecule has 6 atom stereocenters. The Bertz CT molecular complexity index is 1660. The fourth-order valence-electron chi connectivity index (χ4n) is 6.12. The second kappa shape index (κ2) is 22.0. The minimum absolute atomic E-state index is 0.0111. The number of amides is 4. The van der Waals surface area contributed by atoms with E-state index in [4.69, 9.17) is 9.47 Å². The van der Waals surface area contributed by atoms with Gasteiger partial charge in [-0.05, 0) is 46.9 Å². The zero-order valence-electron chi connectivity index (χ0n) is 32.3. The lowest BCUT2D eigenvalue weighted by atomic mass is 9.90. The van der Waals surface area contributed by atoms with Crippen LogP contribution >= 0.6 is 0 Å². The first kappa shape index (κ1) is 43.0. The van der Waals surface area contributed by atoms with Crippen LogP contribution in [0.15, 0.2) is 121 Å². The maximum absolute atomic E-state index is 13.9. The molecular formula is C44H54N4O8. The summed E-state index contributed by atoms with van der Waals surface area (Å²) in [6.45, 7) is 7.08. The Morgan fingerprint density at radius 2 is 0.750 bits per heavy atom. The number of benzene rings is 4. The first-order valence-corrected chi connectivity index (χ1v) is 18.9. The zero-order chi connectivity index (χ0) is 40.5. The molecule has 0 spiro atoms. The van der Waals surface area contributed by atoms with Crippen LogP contribution in [0.25, 0.3) is 0 Å². The summed E-state index contributed by atoms with van der Waals surface area (Å²) >= 11 is 0. The van der Waals surface area contributed by atoms with Crippen molar-refractivity contribution in [3.63, 3.8) is 0 Å². The number of carbonyl (C=O) groups is 4. The summed E-state index contributed by atoms with van der Waals surface area (Å²) in [6, 6.07) is 32.3. The molecule has 4 amide bonds. The Hall–Kier alpha value is -5.72. The Labute approximate surface area is 329 Å². The summed E-state index contributed by atoms with van der Waals surface area (Å²) in [6.07, 6.45) is -4.55. The molecule has 12 nitrogen and oxygen atoms in total. The number of nitrogens with one attached hydrogen (secondary N) is 4. The maximum Gasteiger partial charge on any atom is 0.408 e. The summed E-state index contributed by atoms with van der Waals surface area (Å²) in [5.41, 5.74) is 3.09. The van der Waals surface area contributed by atoms with Crippen LogP contribution in [-0.4, -0.2) is 70.6 Å². The molecule has 0 aliphatic heterocycles. The number of aliphatic hydroxyl groups is 2. The standard InChI is InChI=1S/C44H54N4O8/c1-29(2)37(47-43(53)55-27-33-21-13-7-14-22-33)41(51)45-35(25-31-17-9-5-10-18-31)39(49)40(50)36(26-32-19-11-6-12-20-32)46-42(52)38(30(3)4)48-44(54)56-28-34-23-15-8-16-24-34/h5-24,29-30,35-40,49-50H,25-28H2,1-4H3,(H,45,51)(H,46,52)(H,47,53)(H,48,54)/t35-,36-,37-,38+,39-,40-/m0/s1. The molecule has 0 bridgehead atoms. The van der Waals surface area contributed by atoms with Gasteiger partial charge in [0.25, 0.3) is 0 Å². The lowest BCUT2D eigenvalue weighted by molar-refractivity contribution is -0.129. The molecule has 0 saturated carbocycles. The molecule has 0 aliphatic carbocycles. The summed E-state index contributed by atoms with van der Waals surface area (Å²) in [5.74, 6) is -1.93. The molecule has 0 heterocycles. The van der Waals surface area contributed by atoms with Gasteiger partial charge in [0.05, 0.1) is 12.1 Å². The molecule has 0 unspecified atom stereocenters. The summed E-state index contributed by atoms with van der Waals surface area (Å²) in [4.78, 5) is 53.4. The van der Waals surface area contributed by atoms with Crippen LogP contribution in [0.3, 0.4) is 0 Å². The monoisotopic (exact) mass is 766 g/mol. The highest BCUT2D eigenvalue weighted by molar-refractivity contribution is 5.87. The molecule has 6 N–H and O–H groups in total. The molecule has 56 heavy (non-hydrogen) atoms. The number of carbonyl (C=O) groups excluding carboxylic acids is 4. The number of hydrogen-bond acceptors (Lipinski definition) is 8. The molecular weight excluding hydrogens is 713 g/mol. The van der Waals surface area contributed by atoms with Gasteiger partial charge in [0.1, 0.15) is 37.5 Å². The van der Waals surface area contributed by atoms with Crippen LogP contribution in [0.2, 0.25) is 0 Å². The van der Waals surface area contributed by atoms with Gasteiger partial charge in [-0.2, -0.15) is 0 Å². The fourth-order valence-corrected chi connectivity index (χ4v) is 6.12. The van der Waals surface area contributed by atoms with Crippen molar-refractivity contribution in [2.45, 2.75) is 90.1 Å². The first-order valence-electron chi connectivity index (χ1n) is 18.9. The average molecular weight is 767 g/mol. The van der Waals surface area contributed by atoms with E-state index in [9.17, 15) is 29.4 Å².